The second-order valence-corrected chi connectivity index (χ2v) is 7.65. The van der Waals surface area contributed by atoms with Crippen LogP contribution in [-0.4, -0.2) is 16.6 Å². The van der Waals surface area contributed by atoms with Crippen LogP contribution in [0.15, 0.2) is 24.4 Å². The average molecular weight is 351 g/mol. The quantitative estimate of drug-likeness (QED) is 0.627. The van der Waals surface area contributed by atoms with Crippen molar-refractivity contribution in [2.75, 3.05) is 6.61 Å². The Morgan fingerprint density at radius 3 is 2.58 bits per heavy atom. The number of hydrogen-bond acceptors (Lipinski definition) is 3. The maximum Gasteiger partial charge on any atom is 0.169 e. The van der Waals surface area contributed by atoms with E-state index in [-0.39, 0.29) is 10.6 Å². The lowest BCUT2D eigenvalue weighted by Crippen LogP contribution is -2.23. The van der Waals surface area contributed by atoms with Gasteiger partial charge in [0.2, 0.25) is 0 Å². The topological polar surface area (TPSA) is 35.0 Å². The van der Waals surface area contributed by atoms with E-state index in [2.05, 4.69) is 37.7 Å². The van der Waals surface area contributed by atoms with Gasteiger partial charge < -0.3 is 4.74 Å². The molecule has 0 spiro atoms. The van der Waals surface area contributed by atoms with Crippen LogP contribution in [0, 0.1) is 24.1 Å². The van der Waals surface area contributed by atoms with Gasteiger partial charge in [-0.05, 0) is 42.9 Å². The van der Waals surface area contributed by atoms with Crippen LogP contribution in [-0.2, 0) is 0 Å². The van der Waals surface area contributed by atoms with E-state index < -0.39 is 5.82 Å². The summed E-state index contributed by atoms with van der Waals surface area (Å²) in [6, 6.07) is 5.14. The average Bonchev–Trinajstić information content (AvgIpc) is 2.47. The summed E-state index contributed by atoms with van der Waals surface area (Å²) in [7, 11) is 0. The van der Waals surface area contributed by atoms with Crippen molar-refractivity contribution in [2.45, 2.75) is 41.0 Å². The Kier molecular flexibility index (Phi) is 5.81. The van der Waals surface area contributed by atoms with Crippen molar-refractivity contribution in [3.8, 4) is 17.0 Å². The molecule has 2 aromatic heterocycles. The van der Waals surface area contributed by atoms with E-state index in [1.54, 1.807) is 12.1 Å². The molecule has 0 fully saturated rings. The molecule has 2 heterocycles. The monoisotopic (exact) mass is 350 g/mol. The molecule has 2 rings (SSSR count). The highest BCUT2D eigenvalue weighted by molar-refractivity contribution is 6.29. The summed E-state index contributed by atoms with van der Waals surface area (Å²) in [6.45, 7) is 11.3. The number of aryl methyl sites for hydroxylation is 1. The third-order valence-electron chi connectivity index (χ3n) is 3.74. The lowest BCUT2D eigenvalue weighted by molar-refractivity contribution is 0.153. The van der Waals surface area contributed by atoms with E-state index in [1.165, 1.54) is 6.20 Å². The van der Waals surface area contributed by atoms with Crippen LogP contribution in [0.4, 0.5) is 4.39 Å². The minimum Gasteiger partial charge on any atom is -0.491 e. The first-order valence-electron chi connectivity index (χ1n) is 8.10. The fraction of sp³-hybridized carbons (Fsp3) is 0.474. The Hall–Kier alpha value is -1.68. The van der Waals surface area contributed by atoms with Gasteiger partial charge in [-0.3, -0.25) is 0 Å². The van der Waals surface area contributed by atoms with Gasteiger partial charge in [0, 0.05) is 11.8 Å². The van der Waals surface area contributed by atoms with Crippen molar-refractivity contribution in [2.24, 2.45) is 11.3 Å². The van der Waals surface area contributed by atoms with Gasteiger partial charge in [0.05, 0.1) is 18.0 Å². The predicted octanol–water partition coefficient (Wildman–Crippen LogP) is 5.70. The number of nitrogens with zero attached hydrogens (tertiary/aromatic N) is 2. The zero-order valence-corrected chi connectivity index (χ0v) is 15.6. The van der Waals surface area contributed by atoms with Crippen LogP contribution >= 0.6 is 11.6 Å². The zero-order valence-electron chi connectivity index (χ0n) is 14.9. The molecule has 0 amide bonds. The fourth-order valence-corrected chi connectivity index (χ4v) is 3.06. The molecule has 0 aliphatic carbocycles. The highest BCUT2D eigenvalue weighted by Gasteiger charge is 2.21. The normalized spacial score (nSPS) is 11.8. The van der Waals surface area contributed by atoms with Gasteiger partial charge in [0.15, 0.2) is 11.0 Å². The highest BCUT2D eigenvalue weighted by Crippen LogP contribution is 2.30. The van der Waals surface area contributed by atoms with Crippen LogP contribution in [0.25, 0.3) is 11.3 Å². The van der Waals surface area contributed by atoms with Crippen LogP contribution in [0.2, 0.25) is 5.15 Å². The molecule has 0 aliphatic heterocycles. The summed E-state index contributed by atoms with van der Waals surface area (Å²) in [4.78, 5) is 8.18. The van der Waals surface area contributed by atoms with Crippen LogP contribution in [0.1, 0.15) is 39.8 Å². The summed E-state index contributed by atoms with van der Waals surface area (Å²) in [5.41, 5.74) is 1.66. The van der Waals surface area contributed by atoms with E-state index in [4.69, 9.17) is 16.3 Å². The SMILES string of the molecule is Cc1nc(-c2ccnc(Cl)c2F)ccc1OCC(C)(C)CC(C)C. The first kappa shape index (κ1) is 18.7. The van der Waals surface area contributed by atoms with Gasteiger partial charge >= 0.3 is 0 Å². The second kappa shape index (κ2) is 7.47. The van der Waals surface area contributed by atoms with E-state index in [9.17, 15) is 4.39 Å². The molecule has 24 heavy (non-hydrogen) atoms. The predicted molar refractivity (Wildman–Crippen MR) is 95.9 cm³/mol. The molecule has 0 bridgehead atoms. The molecule has 0 radical (unpaired) electrons. The molecule has 0 aromatic carbocycles. The van der Waals surface area contributed by atoms with Crippen molar-refractivity contribution in [3.63, 3.8) is 0 Å². The largest absolute Gasteiger partial charge is 0.491 e. The summed E-state index contributed by atoms with van der Waals surface area (Å²) in [6.07, 6.45) is 2.55. The lowest BCUT2D eigenvalue weighted by Gasteiger charge is -2.27. The molecule has 0 aliphatic rings. The number of aromatic nitrogens is 2. The third-order valence-corrected chi connectivity index (χ3v) is 4.00. The van der Waals surface area contributed by atoms with Gasteiger partial charge in [0.25, 0.3) is 0 Å². The zero-order chi connectivity index (χ0) is 17.9. The third kappa shape index (κ3) is 4.67. The van der Waals surface area contributed by atoms with Gasteiger partial charge in [-0.15, -0.1) is 0 Å². The van der Waals surface area contributed by atoms with Crippen LogP contribution in [0.3, 0.4) is 0 Å². The molecule has 0 saturated heterocycles. The molecule has 130 valence electrons. The fourth-order valence-electron chi connectivity index (χ4n) is 2.90. The Balaban J connectivity index is 2.17. The van der Waals surface area contributed by atoms with Crippen molar-refractivity contribution in [1.29, 1.82) is 0 Å². The van der Waals surface area contributed by atoms with E-state index in [1.807, 2.05) is 13.0 Å². The Bertz CT molecular complexity index is 717. The lowest BCUT2D eigenvalue weighted by atomic mass is 9.85. The molecular formula is C19H24ClFN2O. The molecule has 0 unspecified atom stereocenters. The van der Waals surface area contributed by atoms with Crippen molar-refractivity contribution in [3.05, 3.63) is 41.1 Å². The van der Waals surface area contributed by atoms with Crippen LogP contribution < -0.4 is 4.74 Å². The number of rotatable bonds is 6. The Morgan fingerprint density at radius 2 is 1.96 bits per heavy atom. The van der Waals surface area contributed by atoms with Gasteiger partial charge in [-0.25, -0.2) is 14.4 Å². The number of halogens is 2. The van der Waals surface area contributed by atoms with Gasteiger partial charge in [-0.2, -0.15) is 0 Å². The first-order valence-corrected chi connectivity index (χ1v) is 8.48. The van der Waals surface area contributed by atoms with Gasteiger partial charge in [0.1, 0.15) is 5.75 Å². The smallest absolute Gasteiger partial charge is 0.169 e. The highest BCUT2D eigenvalue weighted by atomic mass is 35.5. The van der Waals surface area contributed by atoms with Crippen molar-refractivity contribution >= 4 is 11.6 Å². The number of pyridine rings is 2. The molecule has 0 atom stereocenters. The van der Waals surface area contributed by atoms with Crippen LogP contribution in [0.5, 0.6) is 5.75 Å². The molecule has 3 nitrogen and oxygen atoms in total. The van der Waals surface area contributed by atoms with Crippen molar-refractivity contribution < 1.29 is 9.13 Å². The molecule has 2 aromatic rings. The minimum absolute atomic E-state index is 0.0873. The summed E-state index contributed by atoms with van der Waals surface area (Å²) >= 11 is 5.74. The van der Waals surface area contributed by atoms with Gasteiger partial charge in [-0.1, -0.05) is 39.3 Å². The summed E-state index contributed by atoms with van der Waals surface area (Å²) in [5.74, 6) is 0.776. The second-order valence-electron chi connectivity index (χ2n) is 7.29. The standard InChI is InChI=1S/C19H24ClFN2O/c1-12(2)10-19(4,5)11-24-16-7-6-15(23-13(16)3)14-8-9-22-18(20)17(14)21/h6-9,12H,10-11H2,1-5H3. The van der Waals surface area contributed by atoms with Crippen molar-refractivity contribution in [1.82, 2.24) is 9.97 Å². The first-order chi connectivity index (χ1) is 11.2. The Labute approximate surface area is 148 Å². The maximum absolute atomic E-state index is 14.1. The van der Waals surface area contributed by atoms with E-state index in [0.717, 1.165) is 17.9 Å². The Morgan fingerprint density at radius 1 is 1.25 bits per heavy atom. The number of hydrogen-bond donors (Lipinski definition) is 0. The van der Waals surface area contributed by atoms with E-state index >= 15 is 0 Å². The maximum atomic E-state index is 14.1. The number of ether oxygens (including phenoxy) is 1. The summed E-state index contributed by atoms with van der Waals surface area (Å²) in [5, 5.41) is -0.150. The minimum atomic E-state index is -0.558. The molecule has 5 heteroatoms. The molecular weight excluding hydrogens is 327 g/mol. The summed E-state index contributed by atoms with van der Waals surface area (Å²) < 4.78 is 20.0. The molecule has 0 saturated carbocycles. The van der Waals surface area contributed by atoms with E-state index in [0.29, 0.717) is 23.8 Å². The molecule has 0 N–H and O–H groups in total.